The summed E-state index contributed by atoms with van der Waals surface area (Å²) in [6.07, 6.45) is 2.00. The molecular formula is C16H23NO5S. The molecule has 2 atom stereocenters. The third-order valence-corrected chi connectivity index (χ3v) is 5.34. The quantitative estimate of drug-likeness (QED) is 0.847. The van der Waals surface area contributed by atoms with Crippen molar-refractivity contribution in [2.75, 3.05) is 12.9 Å². The molecule has 0 unspecified atom stereocenters. The molecule has 1 aromatic carbocycles. The van der Waals surface area contributed by atoms with Crippen LogP contribution in [-0.2, 0) is 27.6 Å². The molecule has 0 spiro atoms. The van der Waals surface area contributed by atoms with Crippen molar-refractivity contribution in [1.29, 1.82) is 0 Å². The number of benzene rings is 1. The summed E-state index contributed by atoms with van der Waals surface area (Å²) in [7, 11) is -3.41. The predicted molar refractivity (Wildman–Crippen MR) is 87.6 cm³/mol. The van der Waals surface area contributed by atoms with Crippen LogP contribution in [0.15, 0.2) is 12.1 Å². The van der Waals surface area contributed by atoms with Crippen molar-refractivity contribution in [3.05, 3.63) is 23.3 Å². The van der Waals surface area contributed by atoms with E-state index >= 15 is 0 Å². The van der Waals surface area contributed by atoms with Gasteiger partial charge in [0.25, 0.3) is 0 Å². The molecule has 0 saturated heterocycles. The first-order chi connectivity index (χ1) is 10.7. The maximum absolute atomic E-state index is 12.0. The molecule has 0 bridgehead atoms. The van der Waals surface area contributed by atoms with Gasteiger partial charge >= 0.3 is 0 Å². The lowest BCUT2D eigenvalue weighted by molar-refractivity contribution is -0.120. The average molecular weight is 341 g/mol. The highest BCUT2D eigenvalue weighted by molar-refractivity contribution is 7.92. The molecule has 1 heterocycles. The van der Waals surface area contributed by atoms with Crippen molar-refractivity contribution in [1.82, 2.24) is 5.32 Å². The monoisotopic (exact) mass is 341 g/mol. The van der Waals surface area contributed by atoms with E-state index in [1.807, 2.05) is 26.0 Å². The molecule has 6 nitrogen and oxygen atoms in total. The van der Waals surface area contributed by atoms with E-state index in [0.717, 1.165) is 29.6 Å². The highest BCUT2D eigenvalue weighted by atomic mass is 32.2. The van der Waals surface area contributed by atoms with Crippen LogP contribution in [0.2, 0.25) is 0 Å². The number of carbonyl (C=O) groups is 1. The van der Waals surface area contributed by atoms with E-state index in [1.165, 1.54) is 6.92 Å². The number of sulfone groups is 1. The zero-order valence-corrected chi connectivity index (χ0v) is 14.7. The van der Waals surface area contributed by atoms with E-state index in [-0.39, 0.29) is 12.6 Å². The summed E-state index contributed by atoms with van der Waals surface area (Å²) < 4.78 is 34.2. The molecule has 128 valence electrons. The molecule has 0 saturated carbocycles. The predicted octanol–water partition coefficient (Wildman–Crippen LogP) is 1.46. The van der Waals surface area contributed by atoms with Gasteiger partial charge in [0.1, 0.15) is 22.9 Å². The molecule has 0 radical (unpaired) electrons. The molecule has 7 heteroatoms. The lowest BCUT2D eigenvalue weighted by atomic mass is 10.1. The van der Waals surface area contributed by atoms with Crippen LogP contribution in [0.25, 0.3) is 0 Å². The standard InChI is InChI=1S/C16H23NO5S/c1-5-21-14-7-12-6-10(2)22-15(12)8-13(14)9-17-16(18)11(3)23(4,19)20/h7-8,10-11H,5-6,9H2,1-4H3,(H,17,18)/t10-,11+/m0/s1. The fourth-order valence-corrected chi connectivity index (χ4v) is 2.90. The Hall–Kier alpha value is -1.76. The van der Waals surface area contributed by atoms with Crippen LogP contribution in [-0.4, -0.2) is 38.5 Å². The Balaban J connectivity index is 2.16. The SMILES string of the molecule is CCOc1cc2c(cc1CNC(=O)[C@@H](C)S(C)(=O)=O)O[C@@H](C)C2. The molecule has 0 aromatic heterocycles. The third kappa shape index (κ3) is 4.16. The van der Waals surface area contributed by atoms with Gasteiger partial charge in [-0.15, -0.1) is 0 Å². The van der Waals surface area contributed by atoms with Gasteiger partial charge in [-0.1, -0.05) is 0 Å². The number of nitrogens with one attached hydrogen (secondary N) is 1. The summed E-state index contributed by atoms with van der Waals surface area (Å²) >= 11 is 0. The first kappa shape index (κ1) is 17.6. The summed E-state index contributed by atoms with van der Waals surface area (Å²) in [5.74, 6) is 0.961. The van der Waals surface area contributed by atoms with E-state index in [2.05, 4.69) is 5.32 Å². The highest BCUT2D eigenvalue weighted by Crippen LogP contribution is 2.35. The largest absolute Gasteiger partial charge is 0.494 e. The maximum atomic E-state index is 12.0. The second kappa shape index (κ2) is 6.78. The topological polar surface area (TPSA) is 81.7 Å². The minimum atomic E-state index is -3.41. The summed E-state index contributed by atoms with van der Waals surface area (Å²) in [5, 5.41) is 1.57. The van der Waals surface area contributed by atoms with Crippen LogP contribution in [0.3, 0.4) is 0 Å². The van der Waals surface area contributed by atoms with Gasteiger partial charge < -0.3 is 14.8 Å². The van der Waals surface area contributed by atoms with Gasteiger partial charge in [-0.25, -0.2) is 8.42 Å². The van der Waals surface area contributed by atoms with Gasteiger partial charge in [-0.05, 0) is 32.9 Å². The zero-order valence-electron chi connectivity index (χ0n) is 13.9. The fraction of sp³-hybridized carbons (Fsp3) is 0.562. The number of hydrogen-bond donors (Lipinski definition) is 1. The lowest BCUT2D eigenvalue weighted by Gasteiger charge is -2.15. The van der Waals surface area contributed by atoms with Crippen LogP contribution >= 0.6 is 0 Å². The van der Waals surface area contributed by atoms with Crippen LogP contribution in [0, 0.1) is 0 Å². The lowest BCUT2D eigenvalue weighted by Crippen LogP contribution is -2.37. The summed E-state index contributed by atoms with van der Waals surface area (Å²) in [6.45, 7) is 5.96. The molecule has 0 aliphatic carbocycles. The normalized spacial score (nSPS) is 18.0. The Labute approximate surface area is 137 Å². The van der Waals surface area contributed by atoms with E-state index in [9.17, 15) is 13.2 Å². The Kier molecular flexibility index (Phi) is 5.19. The molecule has 1 amide bonds. The summed E-state index contributed by atoms with van der Waals surface area (Å²) in [6, 6.07) is 3.79. The molecule has 0 fully saturated rings. The third-order valence-electron chi connectivity index (χ3n) is 3.84. The molecular weight excluding hydrogens is 318 g/mol. The van der Waals surface area contributed by atoms with Crippen molar-refractivity contribution in [3.8, 4) is 11.5 Å². The Morgan fingerprint density at radius 3 is 2.78 bits per heavy atom. The fourth-order valence-electron chi connectivity index (χ4n) is 2.43. The summed E-state index contributed by atoms with van der Waals surface area (Å²) in [4.78, 5) is 12.0. The van der Waals surface area contributed by atoms with Crippen LogP contribution < -0.4 is 14.8 Å². The number of ether oxygens (including phenoxy) is 2. The van der Waals surface area contributed by atoms with Crippen LogP contribution in [0.4, 0.5) is 0 Å². The zero-order chi connectivity index (χ0) is 17.2. The van der Waals surface area contributed by atoms with Gasteiger partial charge in [0.2, 0.25) is 5.91 Å². The minimum Gasteiger partial charge on any atom is -0.494 e. The van der Waals surface area contributed by atoms with E-state index < -0.39 is 21.0 Å². The average Bonchev–Trinajstić information content (AvgIpc) is 2.82. The van der Waals surface area contributed by atoms with Gasteiger partial charge in [0.15, 0.2) is 9.84 Å². The van der Waals surface area contributed by atoms with E-state index in [1.54, 1.807) is 0 Å². The smallest absolute Gasteiger partial charge is 0.238 e. The molecule has 1 N–H and O–H groups in total. The molecule has 2 rings (SSSR count). The molecule has 23 heavy (non-hydrogen) atoms. The Morgan fingerprint density at radius 1 is 1.48 bits per heavy atom. The van der Waals surface area contributed by atoms with Gasteiger partial charge in [-0.3, -0.25) is 4.79 Å². The number of carbonyl (C=O) groups excluding carboxylic acids is 1. The minimum absolute atomic E-state index is 0.120. The van der Waals surface area contributed by atoms with Crippen molar-refractivity contribution < 1.29 is 22.7 Å². The maximum Gasteiger partial charge on any atom is 0.238 e. The number of fused-ring (bicyclic) bond motifs is 1. The first-order valence-electron chi connectivity index (χ1n) is 7.64. The first-order valence-corrected chi connectivity index (χ1v) is 9.59. The second-order valence-corrected chi connectivity index (χ2v) is 8.19. The van der Waals surface area contributed by atoms with E-state index in [0.29, 0.717) is 12.4 Å². The highest BCUT2D eigenvalue weighted by Gasteiger charge is 2.25. The van der Waals surface area contributed by atoms with Crippen LogP contribution in [0.5, 0.6) is 11.5 Å². The van der Waals surface area contributed by atoms with Crippen molar-refractivity contribution >= 4 is 15.7 Å². The van der Waals surface area contributed by atoms with E-state index in [4.69, 9.17) is 9.47 Å². The van der Waals surface area contributed by atoms with Crippen LogP contribution in [0.1, 0.15) is 31.9 Å². The Morgan fingerprint density at radius 2 is 2.17 bits per heavy atom. The number of hydrogen-bond acceptors (Lipinski definition) is 5. The van der Waals surface area contributed by atoms with Gasteiger partial charge in [0.05, 0.1) is 6.61 Å². The van der Waals surface area contributed by atoms with Gasteiger partial charge in [-0.2, -0.15) is 0 Å². The Bertz CT molecular complexity index is 699. The molecule has 1 aromatic rings. The number of amides is 1. The molecule has 1 aliphatic heterocycles. The van der Waals surface area contributed by atoms with Gasteiger partial charge in [0, 0.05) is 30.3 Å². The summed E-state index contributed by atoms with van der Waals surface area (Å²) in [5.41, 5.74) is 1.86. The van der Waals surface area contributed by atoms with Crippen molar-refractivity contribution in [3.63, 3.8) is 0 Å². The number of rotatable bonds is 6. The van der Waals surface area contributed by atoms with Crippen molar-refractivity contribution in [2.45, 2.75) is 45.1 Å². The van der Waals surface area contributed by atoms with Crippen molar-refractivity contribution in [2.24, 2.45) is 0 Å². The molecule has 1 aliphatic rings. The second-order valence-electron chi connectivity index (χ2n) is 5.82.